The van der Waals surface area contributed by atoms with Crippen molar-refractivity contribution in [3.8, 4) is 16.3 Å². The lowest BCUT2D eigenvalue weighted by Crippen LogP contribution is -2.26. The summed E-state index contributed by atoms with van der Waals surface area (Å²) in [6.07, 6.45) is 0. The van der Waals surface area contributed by atoms with Gasteiger partial charge in [0.2, 0.25) is 0 Å². The van der Waals surface area contributed by atoms with Crippen LogP contribution in [0.2, 0.25) is 0 Å². The van der Waals surface area contributed by atoms with E-state index >= 15 is 0 Å². The molecule has 0 amide bonds. The molecule has 0 aliphatic heterocycles. The Morgan fingerprint density at radius 3 is 2.40 bits per heavy atom. The van der Waals surface area contributed by atoms with E-state index in [2.05, 4.69) is 4.98 Å². The van der Waals surface area contributed by atoms with Crippen LogP contribution in [-0.4, -0.2) is 17.4 Å². The van der Waals surface area contributed by atoms with Crippen molar-refractivity contribution < 1.29 is 9.53 Å². The topological polar surface area (TPSA) is 39.2 Å². The van der Waals surface area contributed by atoms with Crippen LogP contribution in [0.1, 0.15) is 26.5 Å². The summed E-state index contributed by atoms with van der Waals surface area (Å²) in [6.45, 7) is 7.78. The van der Waals surface area contributed by atoms with Crippen molar-refractivity contribution in [2.75, 3.05) is 6.61 Å². The second kappa shape index (κ2) is 5.75. The molecule has 0 aliphatic carbocycles. The lowest BCUT2D eigenvalue weighted by atomic mass is 9.91. The van der Waals surface area contributed by atoms with E-state index in [1.54, 1.807) is 11.3 Å². The van der Waals surface area contributed by atoms with Gasteiger partial charge in [0.05, 0.1) is 0 Å². The number of carbonyl (C=O) groups excluding carboxylic acids is 1. The Balaban J connectivity index is 2.00. The minimum absolute atomic E-state index is 0.0946. The highest BCUT2D eigenvalue weighted by Crippen LogP contribution is 2.25. The zero-order chi connectivity index (χ0) is 14.8. The van der Waals surface area contributed by atoms with Gasteiger partial charge >= 0.3 is 0 Å². The largest absolute Gasteiger partial charge is 0.486 e. The summed E-state index contributed by atoms with van der Waals surface area (Å²) in [5.41, 5.74) is 1.73. The molecule has 0 spiro atoms. The molecule has 0 atom stereocenters. The van der Waals surface area contributed by atoms with Gasteiger partial charge in [0.25, 0.3) is 0 Å². The lowest BCUT2D eigenvalue weighted by molar-refractivity contribution is -0.128. The van der Waals surface area contributed by atoms with Gasteiger partial charge in [-0.3, -0.25) is 4.79 Å². The van der Waals surface area contributed by atoms with E-state index in [4.69, 9.17) is 4.74 Å². The summed E-state index contributed by atoms with van der Waals surface area (Å²) < 4.78 is 5.52. The quantitative estimate of drug-likeness (QED) is 0.850. The normalized spacial score (nSPS) is 11.4. The van der Waals surface area contributed by atoms with Gasteiger partial charge in [-0.2, -0.15) is 0 Å². The number of ketones is 1. The third kappa shape index (κ3) is 3.67. The number of hydrogen-bond acceptors (Lipinski definition) is 4. The second-order valence-corrected chi connectivity index (χ2v) is 6.64. The standard InChI is InChI=1S/C16H19NO2S/c1-11-10-20-15(17-11)12-5-7-13(8-6-12)19-9-14(18)16(2,3)4/h5-8,10H,9H2,1-4H3. The molecule has 3 nitrogen and oxygen atoms in total. The van der Waals surface area contributed by atoms with Crippen LogP contribution in [0.3, 0.4) is 0 Å². The van der Waals surface area contributed by atoms with Gasteiger partial charge in [0, 0.05) is 22.1 Å². The van der Waals surface area contributed by atoms with Crippen LogP contribution in [0.15, 0.2) is 29.6 Å². The zero-order valence-electron chi connectivity index (χ0n) is 12.3. The van der Waals surface area contributed by atoms with Gasteiger partial charge < -0.3 is 4.74 Å². The first-order chi connectivity index (χ1) is 9.36. The first-order valence-electron chi connectivity index (χ1n) is 6.55. The van der Waals surface area contributed by atoms with Crippen LogP contribution >= 0.6 is 11.3 Å². The van der Waals surface area contributed by atoms with Crippen molar-refractivity contribution in [2.45, 2.75) is 27.7 Å². The molecule has 0 aliphatic rings. The van der Waals surface area contributed by atoms with Crippen LogP contribution < -0.4 is 4.74 Å². The van der Waals surface area contributed by atoms with Crippen LogP contribution in [0.5, 0.6) is 5.75 Å². The van der Waals surface area contributed by atoms with Crippen molar-refractivity contribution in [3.05, 3.63) is 35.3 Å². The summed E-state index contributed by atoms with van der Waals surface area (Å²) in [6, 6.07) is 7.69. The molecule has 20 heavy (non-hydrogen) atoms. The molecule has 0 radical (unpaired) electrons. The van der Waals surface area contributed by atoms with E-state index in [9.17, 15) is 4.79 Å². The number of Topliss-reactive ketones (excluding diaryl/α,β-unsaturated/α-hetero) is 1. The molecular weight excluding hydrogens is 270 g/mol. The van der Waals surface area contributed by atoms with E-state index in [-0.39, 0.29) is 17.8 Å². The molecule has 1 aromatic carbocycles. The van der Waals surface area contributed by atoms with E-state index < -0.39 is 0 Å². The number of hydrogen-bond donors (Lipinski definition) is 0. The highest BCUT2D eigenvalue weighted by molar-refractivity contribution is 7.13. The second-order valence-electron chi connectivity index (χ2n) is 5.78. The average Bonchev–Trinajstić information content (AvgIpc) is 2.82. The molecular formula is C16H19NO2S. The van der Waals surface area contributed by atoms with E-state index in [0.717, 1.165) is 16.3 Å². The first-order valence-corrected chi connectivity index (χ1v) is 7.43. The third-order valence-corrected chi connectivity index (χ3v) is 3.94. The van der Waals surface area contributed by atoms with Crippen molar-refractivity contribution in [3.63, 3.8) is 0 Å². The Morgan fingerprint density at radius 1 is 1.25 bits per heavy atom. The van der Waals surface area contributed by atoms with Crippen LogP contribution in [0.4, 0.5) is 0 Å². The van der Waals surface area contributed by atoms with Crippen molar-refractivity contribution in [1.29, 1.82) is 0 Å². The average molecular weight is 289 g/mol. The predicted molar refractivity (Wildman–Crippen MR) is 82.2 cm³/mol. The number of thiazole rings is 1. The highest BCUT2D eigenvalue weighted by atomic mass is 32.1. The Morgan fingerprint density at radius 2 is 1.90 bits per heavy atom. The zero-order valence-corrected chi connectivity index (χ0v) is 13.1. The Kier molecular flexibility index (Phi) is 4.23. The summed E-state index contributed by atoms with van der Waals surface area (Å²) >= 11 is 1.62. The number of benzene rings is 1. The van der Waals surface area contributed by atoms with Crippen LogP contribution in [0.25, 0.3) is 10.6 Å². The molecule has 0 N–H and O–H groups in total. The number of nitrogens with zero attached hydrogens (tertiary/aromatic N) is 1. The summed E-state index contributed by atoms with van der Waals surface area (Å²) in [7, 11) is 0. The maximum Gasteiger partial charge on any atom is 0.175 e. The van der Waals surface area contributed by atoms with Crippen LogP contribution in [0, 0.1) is 12.3 Å². The van der Waals surface area contributed by atoms with E-state index in [0.29, 0.717) is 5.75 Å². The van der Waals surface area contributed by atoms with Crippen molar-refractivity contribution in [2.24, 2.45) is 5.41 Å². The molecule has 0 fully saturated rings. The lowest BCUT2D eigenvalue weighted by Gasteiger charge is -2.16. The minimum atomic E-state index is -0.363. The molecule has 106 valence electrons. The molecule has 1 heterocycles. The fraction of sp³-hybridized carbons (Fsp3) is 0.375. The monoisotopic (exact) mass is 289 g/mol. The van der Waals surface area contributed by atoms with E-state index in [1.807, 2.05) is 57.3 Å². The van der Waals surface area contributed by atoms with Crippen LogP contribution in [-0.2, 0) is 4.79 Å². The SMILES string of the molecule is Cc1csc(-c2ccc(OCC(=O)C(C)(C)C)cc2)n1. The minimum Gasteiger partial charge on any atom is -0.486 e. The Hall–Kier alpha value is -1.68. The number of ether oxygens (including phenoxy) is 1. The molecule has 0 bridgehead atoms. The summed E-state index contributed by atoms with van der Waals surface area (Å²) in [4.78, 5) is 16.2. The first kappa shape index (κ1) is 14.7. The number of rotatable bonds is 4. The third-order valence-electron chi connectivity index (χ3n) is 2.93. The van der Waals surface area contributed by atoms with Gasteiger partial charge in [-0.15, -0.1) is 11.3 Å². The Labute approximate surface area is 123 Å². The van der Waals surface area contributed by atoms with Crippen molar-refractivity contribution >= 4 is 17.1 Å². The molecule has 0 unspecified atom stereocenters. The molecule has 1 aromatic heterocycles. The fourth-order valence-corrected chi connectivity index (χ4v) is 2.35. The van der Waals surface area contributed by atoms with Gasteiger partial charge in [-0.05, 0) is 31.2 Å². The van der Waals surface area contributed by atoms with Gasteiger partial charge in [0.15, 0.2) is 5.78 Å². The smallest absolute Gasteiger partial charge is 0.175 e. The number of aryl methyl sites for hydroxylation is 1. The van der Waals surface area contributed by atoms with Gasteiger partial charge in [-0.25, -0.2) is 4.98 Å². The molecule has 2 rings (SSSR count). The molecule has 2 aromatic rings. The van der Waals surface area contributed by atoms with Crippen molar-refractivity contribution in [1.82, 2.24) is 4.98 Å². The highest BCUT2D eigenvalue weighted by Gasteiger charge is 2.21. The maximum absolute atomic E-state index is 11.8. The summed E-state index contributed by atoms with van der Waals surface area (Å²) in [5, 5.41) is 3.03. The number of aromatic nitrogens is 1. The number of carbonyl (C=O) groups is 1. The summed E-state index contributed by atoms with van der Waals surface area (Å²) in [5.74, 6) is 0.803. The molecule has 4 heteroatoms. The Bertz CT molecular complexity index is 594. The van der Waals surface area contributed by atoms with E-state index in [1.165, 1.54) is 0 Å². The molecule has 0 saturated heterocycles. The maximum atomic E-state index is 11.8. The van der Waals surface area contributed by atoms with Gasteiger partial charge in [0.1, 0.15) is 17.4 Å². The molecule has 0 saturated carbocycles. The fourth-order valence-electron chi connectivity index (χ4n) is 1.55. The predicted octanol–water partition coefficient (Wildman–Crippen LogP) is 4.11. The van der Waals surface area contributed by atoms with Gasteiger partial charge in [-0.1, -0.05) is 20.8 Å².